The topological polar surface area (TPSA) is 52.6 Å². The van der Waals surface area contributed by atoms with Gasteiger partial charge in [-0.05, 0) is 11.3 Å². The highest BCUT2D eigenvalue weighted by Crippen LogP contribution is 2.59. The van der Waals surface area contributed by atoms with Crippen molar-refractivity contribution in [1.82, 2.24) is 0 Å². The molecule has 1 aliphatic rings. The monoisotopic (exact) mass is 388 g/mol. The summed E-state index contributed by atoms with van der Waals surface area (Å²) < 4.78 is 65.4. The molecule has 148 valence electrons. The van der Waals surface area contributed by atoms with Crippen molar-refractivity contribution >= 4 is 12.3 Å². The zero-order valence-electron chi connectivity index (χ0n) is 15.2. The van der Waals surface area contributed by atoms with Gasteiger partial charge < -0.3 is 14.3 Å². The van der Waals surface area contributed by atoms with E-state index in [-0.39, 0.29) is 12.3 Å². The van der Waals surface area contributed by atoms with E-state index in [1.54, 1.807) is 26.0 Å². The fraction of sp³-hybridized carbons (Fsp3) is 0.474. The van der Waals surface area contributed by atoms with Gasteiger partial charge in [-0.25, -0.2) is 17.6 Å². The van der Waals surface area contributed by atoms with Crippen molar-refractivity contribution < 1.29 is 36.6 Å². The Morgan fingerprint density at radius 3 is 2.04 bits per heavy atom. The molecule has 0 radical (unpaired) electrons. The highest BCUT2D eigenvalue weighted by atomic mass is 19.2. The molecule has 4 nitrogen and oxygen atoms in total. The zero-order valence-corrected chi connectivity index (χ0v) is 15.2. The smallest absolute Gasteiger partial charge is 0.310 e. The molecule has 1 fully saturated rings. The number of methoxy groups -OCH3 is 1. The van der Waals surface area contributed by atoms with E-state index in [1.165, 1.54) is 0 Å². The summed E-state index contributed by atoms with van der Waals surface area (Å²) >= 11 is 0. The maximum absolute atomic E-state index is 14.1. The van der Waals surface area contributed by atoms with E-state index in [0.29, 0.717) is 6.29 Å². The number of rotatable bonds is 8. The van der Waals surface area contributed by atoms with Gasteiger partial charge in [-0.1, -0.05) is 26.0 Å². The first-order valence-corrected chi connectivity index (χ1v) is 8.28. The van der Waals surface area contributed by atoms with E-state index in [0.717, 1.165) is 7.11 Å². The van der Waals surface area contributed by atoms with Crippen molar-refractivity contribution in [2.24, 2.45) is 17.3 Å². The maximum atomic E-state index is 14.1. The van der Waals surface area contributed by atoms with Crippen LogP contribution in [0.1, 0.15) is 31.4 Å². The molecule has 2 unspecified atom stereocenters. The van der Waals surface area contributed by atoms with Gasteiger partial charge in [-0.15, -0.1) is 0 Å². The van der Waals surface area contributed by atoms with Crippen molar-refractivity contribution in [1.29, 1.82) is 0 Å². The number of benzene rings is 1. The average Bonchev–Trinajstić information content (AvgIpc) is 3.17. The summed E-state index contributed by atoms with van der Waals surface area (Å²) in [5.41, 5.74) is -2.32. The van der Waals surface area contributed by atoms with Crippen molar-refractivity contribution in [3.05, 3.63) is 46.5 Å². The van der Waals surface area contributed by atoms with Gasteiger partial charge in [0.1, 0.15) is 12.9 Å². The number of ether oxygens (including phenoxy) is 2. The molecule has 1 aromatic carbocycles. The minimum atomic E-state index is -1.62. The van der Waals surface area contributed by atoms with Crippen LogP contribution in [0.5, 0.6) is 0 Å². The van der Waals surface area contributed by atoms with Crippen LogP contribution in [0.2, 0.25) is 0 Å². The molecule has 0 aliphatic heterocycles. The first-order valence-electron chi connectivity index (χ1n) is 8.28. The van der Waals surface area contributed by atoms with Gasteiger partial charge in [-0.2, -0.15) is 0 Å². The lowest BCUT2D eigenvalue weighted by Gasteiger charge is -2.12. The van der Waals surface area contributed by atoms with Gasteiger partial charge in [0, 0.05) is 13.5 Å². The summed E-state index contributed by atoms with van der Waals surface area (Å²) in [7, 11) is 1.13. The quantitative estimate of drug-likeness (QED) is 0.223. The molecule has 0 heterocycles. The zero-order chi connectivity index (χ0) is 20.4. The molecular weight excluding hydrogens is 368 g/mol. The summed E-state index contributed by atoms with van der Waals surface area (Å²) in [4.78, 5) is 22.6. The minimum absolute atomic E-state index is 0.197. The van der Waals surface area contributed by atoms with Crippen molar-refractivity contribution in [2.75, 3.05) is 7.11 Å². The van der Waals surface area contributed by atoms with E-state index in [1.807, 2.05) is 0 Å². The third-order valence-corrected chi connectivity index (χ3v) is 4.83. The second-order valence-corrected chi connectivity index (χ2v) is 6.91. The van der Waals surface area contributed by atoms with Crippen LogP contribution in [0.4, 0.5) is 17.6 Å². The van der Waals surface area contributed by atoms with Crippen molar-refractivity contribution in [3.63, 3.8) is 0 Å². The molecule has 1 saturated carbocycles. The number of aldehydes is 1. The Bertz CT molecular complexity index is 744. The Morgan fingerprint density at radius 1 is 1.04 bits per heavy atom. The maximum Gasteiger partial charge on any atom is 0.310 e. The highest BCUT2D eigenvalue weighted by molar-refractivity contribution is 5.78. The Morgan fingerprint density at radius 2 is 1.56 bits per heavy atom. The van der Waals surface area contributed by atoms with E-state index in [9.17, 15) is 27.2 Å². The third kappa shape index (κ3) is 4.05. The molecule has 0 N–H and O–H groups in total. The highest BCUT2D eigenvalue weighted by Gasteiger charge is 2.61. The van der Waals surface area contributed by atoms with Crippen LogP contribution in [-0.2, 0) is 32.3 Å². The van der Waals surface area contributed by atoms with E-state index < -0.39 is 64.9 Å². The molecule has 0 aromatic heterocycles. The Hall–Kier alpha value is -2.22. The predicted octanol–water partition coefficient (Wildman–Crippen LogP) is 3.85. The Labute approximate surface area is 154 Å². The summed E-state index contributed by atoms with van der Waals surface area (Å²) in [5, 5.41) is 0. The molecule has 1 aliphatic carbocycles. The van der Waals surface area contributed by atoms with E-state index in [4.69, 9.17) is 4.74 Å². The number of esters is 1. The molecule has 2 atom stereocenters. The van der Waals surface area contributed by atoms with Crippen molar-refractivity contribution in [2.45, 2.75) is 33.5 Å². The normalized spacial score (nSPS) is 20.7. The standard InChI is InChI=1S/C19H20F4O4/c1-19(2)12(6-4-5-7-24)13(19)18(25)27-9-11-16(22)14(20)10(8-26-3)15(21)17(11)23/h4,6-7,12-13H,5,8-9H2,1-3H3/b6-4+. The molecular formula is C19H20F4O4. The molecule has 0 spiro atoms. The van der Waals surface area contributed by atoms with E-state index in [2.05, 4.69) is 4.74 Å². The lowest BCUT2D eigenvalue weighted by atomic mass is 10.1. The Balaban J connectivity index is 2.13. The van der Waals surface area contributed by atoms with Crippen LogP contribution in [0.3, 0.4) is 0 Å². The summed E-state index contributed by atoms with van der Waals surface area (Å²) in [6, 6.07) is 0. The predicted molar refractivity (Wildman–Crippen MR) is 87.4 cm³/mol. The number of halogens is 4. The largest absolute Gasteiger partial charge is 0.460 e. The fourth-order valence-corrected chi connectivity index (χ4v) is 3.12. The molecule has 0 bridgehead atoms. The van der Waals surface area contributed by atoms with Crippen LogP contribution in [0.25, 0.3) is 0 Å². The third-order valence-electron chi connectivity index (χ3n) is 4.83. The second-order valence-electron chi connectivity index (χ2n) is 6.91. The van der Waals surface area contributed by atoms with Gasteiger partial charge >= 0.3 is 5.97 Å². The number of hydrogen-bond donors (Lipinski definition) is 0. The molecule has 0 saturated heterocycles. The summed E-state index contributed by atoms with van der Waals surface area (Å²) in [6.07, 6.45) is 4.24. The van der Waals surface area contributed by atoms with Crippen LogP contribution in [-0.4, -0.2) is 19.4 Å². The molecule has 27 heavy (non-hydrogen) atoms. The number of hydrogen-bond acceptors (Lipinski definition) is 4. The van der Waals surface area contributed by atoms with Gasteiger partial charge in [0.15, 0.2) is 23.3 Å². The second kappa shape index (κ2) is 8.21. The molecule has 1 aromatic rings. The molecule has 8 heteroatoms. The summed E-state index contributed by atoms with van der Waals surface area (Å²) in [5.74, 6) is -7.91. The molecule has 0 amide bonds. The van der Waals surface area contributed by atoms with Crippen LogP contribution >= 0.6 is 0 Å². The van der Waals surface area contributed by atoms with Crippen molar-refractivity contribution in [3.8, 4) is 0 Å². The number of carbonyl (C=O) groups excluding carboxylic acids is 2. The molecule has 2 rings (SSSR count). The van der Waals surface area contributed by atoms with Gasteiger partial charge in [-0.3, -0.25) is 4.79 Å². The number of allylic oxidation sites excluding steroid dienone is 2. The van der Waals surface area contributed by atoms with Gasteiger partial charge in [0.25, 0.3) is 0 Å². The first-order chi connectivity index (χ1) is 12.7. The van der Waals surface area contributed by atoms with Gasteiger partial charge in [0.05, 0.1) is 23.7 Å². The first kappa shape index (κ1) is 21.1. The van der Waals surface area contributed by atoms with Gasteiger partial charge in [0.2, 0.25) is 0 Å². The summed E-state index contributed by atoms with van der Waals surface area (Å²) in [6.45, 7) is 2.02. The number of carbonyl (C=O) groups is 2. The lowest BCUT2D eigenvalue weighted by Crippen LogP contribution is -2.15. The van der Waals surface area contributed by atoms with E-state index >= 15 is 0 Å². The average molecular weight is 388 g/mol. The van der Waals surface area contributed by atoms with Crippen LogP contribution in [0, 0.1) is 40.5 Å². The van der Waals surface area contributed by atoms with Crippen LogP contribution < -0.4 is 0 Å². The minimum Gasteiger partial charge on any atom is -0.460 e. The SMILES string of the molecule is COCc1c(F)c(F)c(COC(=O)C2C(/C=C/CC=O)C2(C)C)c(F)c1F. The fourth-order valence-electron chi connectivity index (χ4n) is 3.12. The van der Waals surface area contributed by atoms with Crippen LogP contribution in [0.15, 0.2) is 12.2 Å². The Kier molecular flexibility index (Phi) is 6.41. The lowest BCUT2D eigenvalue weighted by molar-refractivity contribution is -0.147.